The maximum absolute atomic E-state index is 5.84. The van der Waals surface area contributed by atoms with Crippen LogP contribution in [0.4, 0.5) is 0 Å². The van der Waals surface area contributed by atoms with E-state index in [4.69, 9.17) is 4.74 Å². The SMILES string of the molecule is CCCNC(Cc1ccc(CC)cn1)C1CCCO1. The van der Waals surface area contributed by atoms with Gasteiger partial charge in [-0.15, -0.1) is 0 Å². The van der Waals surface area contributed by atoms with Gasteiger partial charge in [-0.25, -0.2) is 0 Å². The number of aryl methyl sites for hydroxylation is 1. The number of rotatable bonds is 7. The minimum atomic E-state index is 0.360. The highest BCUT2D eigenvalue weighted by Gasteiger charge is 2.25. The summed E-state index contributed by atoms with van der Waals surface area (Å²) < 4.78 is 5.84. The molecule has 0 aromatic carbocycles. The van der Waals surface area contributed by atoms with Gasteiger partial charge in [-0.2, -0.15) is 0 Å². The smallest absolute Gasteiger partial charge is 0.0732 e. The Kier molecular flexibility index (Phi) is 5.80. The Labute approximate surface area is 116 Å². The van der Waals surface area contributed by atoms with Crippen molar-refractivity contribution in [2.45, 2.75) is 58.1 Å². The van der Waals surface area contributed by atoms with E-state index in [0.717, 1.165) is 32.4 Å². The highest BCUT2D eigenvalue weighted by molar-refractivity contribution is 5.15. The molecule has 3 heteroatoms. The molecule has 2 heterocycles. The molecule has 1 aromatic heterocycles. The van der Waals surface area contributed by atoms with Crippen molar-refractivity contribution in [2.75, 3.05) is 13.2 Å². The molecule has 0 saturated carbocycles. The fourth-order valence-corrected chi connectivity index (χ4v) is 2.60. The van der Waals surface area contributed by atoms with E-state index in [-0.39, 0.29) is 0 Å². The first-order valence-corrected chi connectivity index (χ1v) is 7.62. The standard InChI is InChI=1S/C16H26N2O/c1-3-9-17-15(16-6-5-10-19-16)11-14-8-7-13(4-2)12-18-14/h7-8,12,15-17H,3-6,9-11H2,1-2H3. The average molecular weight is 262 g/mol. The van der Waals surface area contributed by atoms with Gasteiger partial charge in [-0.05, 0) is 43.9 Å². The van der Waals surface area contributed by atoms with Gasteiger partial charge in [0.15, 0.2) is 0 Å². The van der Waals surface area contributed by atoms with Crippen molar-refractivity contribution in [3.63, 3.8) is 0 Å². The van der Waals surface area contributed by atoms with E-state index in [9.17, 15) is 0 Å². The zero-order chi connectivity index (χ0) is 13.5. The summed E-state index contributed by atoms with van der Waals surface area (Å²) >= 11 is 0. The first kappa shape index (κ1) is 14.5. The van der Waals surface area contributed by atoms with Crippen molar-refractivity contribution in [2.24, 2.45) is 0 Å². The maximum Gasteiger partial charge on any atom is 0.0732 e. The van der Waals surface area contributed by atoms with E-state index in [0.29, 0.717) is 12.1 Å². The largest absolute Gasteiger partial charge is 0.377 e. The number of aromatic nitrogens is 1. The molecule has 1 saturated heterocycles. The first-order valence-electron chi connectivity index (χ1n) is 7.62. The molecule has 1 fully saturated rings. The molecule has 0 bridgehead atoms. The van der Waals surface area contributed by atoms with Gasteiger partial charge in [0.2, 0.25) is 0 Å². The van der Waals surface area contributed by atoms with Crippen molar-refractivity contribution in [3.05, 3.63) is 29.6 Å². The molecule has 1 aliphatic rings. The summed E-state index contributed by atoms with van der Waals surface area (Å²) in [5.74, 6) is 0. The monoisotopic (exact) mass is 262 g/mol. The van der Waals surface area contributed by atoms with Gasteiger partial charge in [0.1, 0.15) is 0 Å². The minimum Gasteiger partial charge on any atom is -0.377 e. The Hall–Kier alpha value is -0.930. The van der Waals surface area contributed by atoms with Crippen LogP contribution in [-0.4, -0.2) is 30.3 Å². The molecule has 2 atom stereocenters. The van der Waals surface area contributed by atoms with Crippen molar-refractivity contribution < 1.29 is 4.74 Å². The summed E-state index contributed by atoms with van der Waals surface area (Å²) in [5, 5.41) is 3.62. The van der Waals surface area contributed by atoms with Crippen LogP contribution in [0.15, 0.2) is 18.3 Å². The molecule has 1 aliphatic heterocycles. The van der Waals surface area contributed by atoms with E-state index in [1.54, 1.807) is 0 Å². The highest BCUT2D eigenvalue weighted by Crippen LogP contribution is 2.18. The minimum absolute atomic E-state index is 0.360. The third-order valence-electron chi connectivity index (χ3n) is 3.79. The molecule has 3 nitrogen and oxygen atoms in total. The lowest BCUT2D eigenvalue weighted by Crippen LogP contribution is -2.41. The highest BCUT2D eigenvalue weighted by atomic mass is 16.5. The maximum atomic E-state index is 5.84. The molecule has 0 radical (unpaired) electrons. The van der Waals surface area contributed by atoms with E-state index < -0.39 is 0 Å². The Balaban J connectivity index is 1.96. The Morgan fingerprint density at radius 2 is 2.32 bits per heavy atom. The summed E-state index contributed by atoms with van der Waals surface area (Å²) in [6, 6.07) is 4.76. The van der Waals surface area contributed by atoms with E-state index in [1.165, 1.54) is 24.1 Å². The number of pyridine rings is 1. The van der Waals surface area contributed by atoms with Crippen LogP contribution in [0.25, 0.3) is 0 Å². The fourth-order valence-electron chi connectivity index (χ4n) is 2.60. The lowest BCUT2D eigenvalue weighted by atomic mass is 10.0. The zero-order valence-corrected chi connectivity index (χ0v) is 12.2. The molecule has 106 valence electrons. The molecule has 1 aromatic rings. The summed E-state index contributed by atoms with van der Waals surface area (Å²) in [6.45, 7) is 6.33. The summed E-state index contributed by atoms with van der Waals surface area (Å²) in [7, 11) is 0. The van der Waals surface area contributed by atoms with E-state index in [1.807, 2.05) is 6.20 Å². The van der Waals surface area contributed by atoms with Gasteiger partial charge < -0.3 is 10.1 Å². The zero-order valence-electron chi connectivity index (χ0n) is 12.2. The second-order valence-corrected chi connectivity index (χ2v) is 5.33. The van der Waals surface area contributed by atoms with E-state index in [2.05, 4.69) is 36.3 Å². The predicted molar refractivity (Wildman–Crippen MR) is 78.4 cm³/mol. The van der Waals surface area contributed by atoms with Gasteiger partial charge in [0.05, 0.1) is 6.10 Å². The quantitative estimate of drug-likeness (QED) is 0.820. The molecule has 0 aliphatic carbocycles. The van der Waals surface area contributed by atoms with Crippen LogP contribution >= 0.6 is 0 Å². The van der Waals surface area contributed by atoms with Crippen molar-refractivity contribution >= 4 is 0 Å². The second kappa shape index (κ2) is 7.61. The van der Waals surface area contributed by atoms with Crippen LogP contribution in [0.2, 0.25) is 0 Å². The molecular formula is C16H26N2O. The number of nitrogens with zero attached hydrogens (tertiary/aromatic N) is 1. The molecule has 2 rings (SSSR count). The fraction of sp³-hybridized carbons (Fsp3) is 0.688. The van der Waals surface area contributed by atoms with Gasteiger partial charge in [-0.3, -0.25) is 4.98 Å². The molecule has 2 unspecified atom stereocenters. The molecule has 19 heavy (non-hydrogen) atoms. The topological polar surface area (TPSA) is 34.2 Å². The van der Waals surface area contributed by atoms with Crippen LogP contribution in [-0.2, 0) is 17.6 Å². The van der Waals surface area contributed by atoms with Gasteiger partial charge in [0.25, 0.3) is 0 Å². The molecule has 0 amide bonds. The third-order valence-corrected chi connectivity index (χ3v) is 3.79. The predicted octanol–water partition coefficient (Wildman–Crippen LogP) is 2.73. The second-order valence-electron chi connectivity index (χ2n) is 5.33. The van der Waals surface area contributed by atoms with Crippen LogP contribution in [0, 0.1) is 0 Å². The first-order chi connectivity index (χ1) is 9.33. The van der Waals surface area contributed by atoms with E-state index >= 15 is 0 Å². The normalized spacial score (nSPS) is 20.6. The van der Waals surface area contributed by atoms with Gasteiger partial charge in [0, 0.05) is 31.0 Å². The Bertz CT molecular complexity index is 358. The molecule has 0 spiro atoms. The van der Waals surface area contributed by atoms with Crippen molar-refractivity contribution in [1.82, 2.24) is 10.3 Å². The lowest BCUT2D eigenvalue weighted by molar-refractivity contribution is 0.0781. The van der Waals surface area contributed by atoms with Crippen LogP contribution < -0.4 is 5.32 Å². The summed E-state index contributed by atoms with van der Waals surface area (Å²) in [6.07, 6.45) is 7.91. The van der Waals surface area contributed by atoms with Crippen LogP contribution in [0.1, 0.15) is 44.4 Å². The van der Waals surface area contributed by atoms with Crippen molar-refractivity contribution in [3.8, 4) is 0 Å². The Morgan fingerprint density at radius 3 is 2.89 bits per heavy atom. The lowest BCUT2D eigenvalue weighted by Gasteiger charge is -2.24. The van der Waals surface area contributed by atoms with Gasteiger partial charge >= 0.3 is 0 Å². The number of hydrogen-bond acceptors (Lipinski definition) is 3. The molecule has 1 N–H and O–H groups in total. The summed E-state index contributed by atoms with van der Waals surface area (Å²) in [5.41, 5.74) is 2.47. The average Bonchev–Trinajstić information content (AvgIpc) is 2.98. The number of nitrogens with one attached hydrogen (secondary N) is 1. The van der Waals surface area contributed by atoms with Crippen molar-refractivity contribution in [1.29, 1.82) is 0 Å². The number of ether oxygens (including phenoxy) is 1. The number of hydrogen-bond donors (Lipinski definition) is 1. The summed E-state index contributed by atoms with van der Waals surface area (Å²) in [4.78, 5) is 4.57. The van der Waals surface area contributed by atoms with Crippen LogP contribution in [0.5, 0.6) is 0 Å². The third kappa shape index (κ3) is 4.29. The van der Waals surface area contributed by atoms with Crippen LogP contribution in [0.3, 0.4) is 0 Å². The Morgan fingerprint density at radius 1 is 1.42 bits per heavy atom. The molecular weight excluding hydrogens is 236 g/mol. The van der Waals surface area contributed by atoms with Gasteiger partial charge in [-0.1, -0.05) is 19.9 Å².